The number of anilines is 2. The molecule has 0 aliphatic carbocycles. The number of amides is 2. The van der Waals surface area contributed by atoms with Crippen LogP contribution in [0.2, 0.25) is 0 Å². The summed E-state index contributed by atoms with van der Waals surface area (Å²) < 4.78 is 1.58. The van der Waals surface area contributed by atoms with Crippen molar-refractivity contribution in [3.63, 3.8) is 0 Å². The van der Waals surface area contributed by atoms with E-state index in [1.165, 1.54) is 0 Å². The van der Waals surface area contributed by atoms with E-state index in [2.05, 4.69) is 15.7 Å². The van der Waals surface area contributed by atoms with Crippen molar-refractivity contribution in [1.82, 2.24) is 9.78 Å². The topological polar surface area (TPSA) is 76.0 Å². The van der Waals surface area contributed by atoms with Gasteiger partial charge in [-0.3, -0.25) is 14.3 Å². The zero-order chi connectivity index (χ0) is 15.0. The summed E-state index contributed by atoms with van der Waals surface area (Å²) in [6, 6.07) is 8.97. The molecule has 0 fully saturated rings. The van der Waals surface area contributed by atoms with Gasteiger partial charge in [0.05, 0.1) is 0 Å². The molecule has 1 aromatic carbocycles. The molecular formula is C15H16N4O2. The standard InChI is InChI=1S/C15H16N4O2/c1-9-8-11-12(18-19(2)13(11)17-14(9)20)16-15(21)10-6-4-3-5-7-10/h3-7,9H,8H2,1-2H3,(H,17,20)(H,16,18,21). The summed E-state index contributed by atoms with van der Waals surface area (Å²) in [6.07, 6.45) is 0.569. The van der Waals surface area contributed by atoms with Crippen molar-refractivity contribution in [2.45, 2.75) is 13.3 Å². The Bertz CT molecular complexity index is 706. The molecule has 0 radical (unpaired) electrons. The summed E-state index contributed by atoms with van der Waals surface area (Å²) in [5, 5.41) is 9.94. The summed E-state index contributed by atoms with van der Waals surface area (Å²) >= 11 is 0. The first kappa shape index (κ1) is 13.4. The second kappa shape index (κ2) is 5.05. The van der Waals surface area contributed by atoms with Crippen LogP contribution in [0.4, 0.5) is 11.6 Å². The van der Waals surface area contributed by atoms with Gasteiger partial charge in [0.15, 0.2) is 5.82 Å². The minimum Gasteiger partial charge on any atom is -0.310 e. The fourth-order valence-electron chi connectivity index (χ4n) is 2.43. The number of nitrogens with one attached hydrogen (secondary N) is 2. The Morgan fingerprint density at radius 3 is 2.81 bits per heavy atom. The summed E-state index contributed by atoms with van der Waals surface area (Å²) in [5.74, 6) is 0.802. The van der Waals surface area contributed by atoms with Gasteiger partial charge in [-0.15, -0.1) is 0 Å². The Labute approximate surface area is 122 Å². The molecule has 3 rings (SSSR count). The molecular weight excluding hydrogens is 268 g/mol. The minimum atomic E-state index is -0.207. The van der Waals surface area contributed by atoms with Gasteiger partial charge in [0, 0.05) is 24.1 Å². The van der Waals surface area contributed by atoms with Crippen molar-refractivity contribution in [2.24, 2.45) is 13.0 Å². The first-order valence-corrected chi connectivity index (χ1v) is 6.79. The van der Waals surface area contributed by atoms with Crippen LogP contribution >= 0.6 is 0 Å². The van der Waals surface area contributed by atoms with Gasteiger partial charge in [0.25, 0.3) is 5.91 Å². The van der Waals surface area contributed by atoms with Gasteiger partial charge in [0.1, 0.15) is 5.82 Å². The second-order valence-electron chi connectivity index (χ2n) is 5.21. The van der Waals surface area contributed by atoms with Crippen LogP contribution in [0, 0.1) is 5.92 Å². The van der Waals surface area contributed by atoms with E-state index in [1.54, 1.807) is 23.9 Å². The molecule has 2 N–H and O–H groups in total. The Hall–Kier alpha value is -2.63. The average Bonchev–Trinajstić information content (AvgIpc) is 2.77. The molecule has 0 saturated carbocycles. The van der Waals surface area contributed by atoms with Crippen molar-refractivity contribution in [2.75, 3.05) is 10.6 Å². The molecule has 2 amide bonds. The van der Waals surface area contributed by atoms with Gasteiger partial charge in [0.2, 0.25) is 5.91 Å². The first-order chi connectivity index (χ1) is 10.1. The number of aryl methyl sites for hydroxylation is 1. The fourth-order valence-corrected chi connectivity index (χ4v) is 2.43. The molecule has 1 aliphatic heterocycles. The van der Waals surface area contributed by atoms with Gasteiger partial charge in [-0.1, -0.05) is 25.1 Å². The summed E-state index contributed by atoms with van der Waals surface area (Å²) in [5.41, 5.74) is 1.44. The number of carbonyl (C=O) groups excluding carboxylic acids is 2. The van der Waals surface area contributed by atoms with Crippen molar-refractivity contribution in [1.29, 1.82) is 0 Å². The van der Waals surface area contributed by atoms with Crippen molar-refractivity contribution >= 4 is 23.5 Å². The summed E-state index contributed by atoms with van der Waals surface area (Å²) in [7, 11) is 1.74. The fraction of sp³-hybridized carbons (Fsp3) is 0.267. The average molecular weight is 284 g/mol. The molecule has 1 aromatic heterocycles. The quantitative estimate of drug-likeness (QED) is 0.883. The highest BCUT2D eigenvalue weighted by Gasteiger charge is 2.29. The molecule has 6 nitrogen and oxygen atoms in total. The summed E-state index contributed by atoms with van der Waals surface area (Å²) in [6.45, 7) is 1.86. The van der Waals surface area contributed by atoms with E-state index in [-0.39, 0.29) is 17.7 Å². The maximum Gasteiger partial charge on any atom is 0.256 e. The third-order valence-corrected chi connectivity index (χ3v) is 3.61. The monoisotopic (exact) mass is 284 g/mol. The highest BCUT2D eigenvalue weighted by molar-refractivity contribution is 6.05. The van der Waals surface area contributed by atoms with Crippen LogP contribution in [0.3, 0.4) is 0 Å². The van der Waals surface area contributed by atoms with Crippen LogP contribution < -0.4 is 10.6 Å². The van der Waals surface area contributed by atoms with E-state index in [1.807, 2.05) is 25.1 Å². The summed E-state index contributed by atoms with van der Waals surface area (Å²) in [4.78, 5) is 23.9. The Morgan fingerprint density at radius 1 is 1.38 bits per heavy atom. The van der Waals surface area contributed by atoms with Crippen LogP contribution in [0.5, 0.6) is 0 Å². The van der Waals surface area contributed by atoms with E-state index in [4.69, 9.17) is 0 Å². The van der Waals surface area contributed by atoms with Crippen molar-refractivity contribution in [3.8, 4) is 0 Å². The number of hydrogen-bond donors (Lipinski definition) is 2. The molecule has 6 heteroatoms. The number of aromatic nitrogens is 2. The lowest BCUT2D eigenvalue weighted by Crippen LogP contribution is -2.28. The van der Waals surface area contributed by atoms with E-state index < -0.39 is 0 Å². The normalized spacial score (nSPS) is 17.0. The SMILES string of the molecule is CC1Cc2c(NC(=O)c3ccccc3)nn(C)c2NC1=O. The Kier molecular flexibility index (Phi) is 3.21. The zero-order valence-electron chi connectivity index (χ0n) is 11.9. The van der Waals surface area contributed by atoms with Gasteiger partial charge in [-0.25, -0.2) is 0 Å². The molecule has 0 bridgehead atoms. The lowest BCUT2D eigenvalue weighted by molar-refractivity contribution is -0.119. The number of rotatable bonds is 2. The van der Waals surface area contributed by atoms with Crippen LogP contribution in [0.1, 0.15) is 22.8 Å². The van der Waals surface area contributed by atoms with E-state index in [0.717, 1.165) is 5.56 Å². The molecule has 108 valence electrons. The zero-order valence-corrected chi connectivity index (χ0v) is 11.9. The van der Waals surface area contributed by atoms with Crippen LogP contribution in [-0.4, -0.2) is 21.6 Å². The van der Waals surface area contributed by atoms with E-state index in [0.29, 0.717) is 23.6 Å². The number of carbonyl (C=O) groups is 2. The predicted molar refractivity (Wildman–Crippen MR) is 79.1 cm³/mol. The molecule has 1 atom stereocenters. The molecule has 0 saturated heterocycles. The third-order valence-electron chi connectivity index (χ3n) is 3.61. The number of nitrogens with zero attached hydrogens (tertiary/aromatic N) is 2. The van der Waals surface area contributed by atoms with Crippen LogP contribution in [0.15, 0.2) is 30.3 Å². The number of fused-ring (bicyclic) bond motifs is 1. The molecule has 2 aromatic rings. The molecule has 0 spiro atoms. The van der Waals surface area contributed by atoms with Gasteiger partial charge in [-0.2, -0.15) is 5.10 Å². The lowest BCUT2D eigenvalue weighted by atomic mass is 9.98. The van der Waals surface area contributed by atoms with E-state index >= 15 is 0 Å². The van der Waals surface area contributed by atoms with Gasteiger partial charge < -0.3 is 10.6 Å². The van der Waals surface area contributed by atoms with Crippen molar-refractivity contribution in [3.05, 3.63) is 41.5 Å². The van der Waals surface area contributed by atoms with Crippen LogP contribution in [-0.2, 0) is 18.3 Å². The Balaban J connectivity index is 1.89. The van der Waals surface area contributed by atoms with Gasteiger partial charge in [-0.05, 0) is 18.6 Å². The van der Waals surface area contributed by atoms with Crippen LogP contribution in [0.25, 0.3) is 0 Å². The predicted octanol–water partition coefficient (Wildman–Crippen LogP) is 1.80. The highest BCUT2D eigenvalue weighted by Crippen LogP contribution is 2.31. The molecule has 2 heterocycles. The molecule has 21 heavy (non-hydrogen) atoms. The number of benzene rings is 1. The number of hydrogen-bond acceptors (Lipinski definition) is 3. The molecule has 1 unspecified atom stereocenters. The van der Waals surface area contributed by atoms with E-state index in [9.17, 15) is 9.59 Å². The largest absolute Gasteiger partial charge is 0.310 e. The smallest absolute Gasteiger partial charge is 0.256 e. The lowest BCUT2D eigenvalue weighted by Gasteiger charge is -2.19. The van der Waals surface area contributed by atoms with Crippen molar-refractivity contribution < 1.29 is 9.59 Å². The minimum absolute atomic E-state index is 0.0218. The second-order valence-corrected chi connectivity index (χ2v) is 5.21. The maximum absolute atomic E-state index is 12.2. The third kappa shape index (κ3) is 2.40. The molecule has 1 aliphatic rings. The highest BCUT2D eigenvalue weighted by atomic mass is 16.2. The first-order valence-electron chi connectivity index (χ1n) is 6.79. The van der Waals surface area contributed by atoms with Gasteiger partial charge >= 0.3 is 0 Å². The maximum atomic E-state index is 12.2. The Morgan fingerprint density at radius 2 is 2.10 bits per heavy atom.